The molecule has 4 rings (SSSR count). The summed E-state index contributed by atoms with van der Waals surface area (Å²) in [6, 6.07) is 10.5. The molecule has 1 atom stereocenters. The van der Waals surface area contributed by atoms with Crippen LogP contribution in [0.4, 0.5) is 5.95 Å². The van der Waals surface area contributed by atoms with E-state index in [1.54, 1.807) is 6.20 Å². The molecule has 144 valence electrons. The molecule has 0 N–H and O–H groups in total. The number of pyridine rings is 1. The van der Waals surface area contributed by atoms with E-state index >= 15 is 0 Å². The van der Waals surface area contributed by atoms with E-state index in [4.69, 9.17) is 0 Å². The fourth-order valence-electron chi connectivity index (χ4n) is 3.55. The summed E-state index contributed by atoms with van der Waals surface area (Å²) in [6.07, 6.45) is 4.62. The second-order valence-electron chi connectivity index (χ2n) is 7.27. The van der Waals surface area contributed by atoms with Gasteiger partial charge in [-0.05, 0) is 31.7 Å². The van der Waals surface area contributed by atoms with Gasteiger partial charge >= 0.3 is 0 Å². The van der Waals surface area contributed by atoms with Crippen LogP contribution in [0.3, 0.4) is 0 Å². The summed E-state index contributed by atoms with van der Waals surface area (Å²) in [6.45, 7) is 8.15. The van der Waals surface area contributed by atoms with Gasteiger partial charge in [0.1, 0.15) is 5.69 Å². The maximum absolute atomic E-state index is 12.8. The molecule has 0 saturated heterocycles. The van der Waals surface area contributed by atoms with Gasteiger partial charge in [0, 0.05) is 35.9 Å². The van der Waals surface area contributed by atoms with Gasteiger partial charge in [0.25, 0.3) is 5.91 Å². The van der Waals surface area contributed by atoms with Gasteiger partial charge in [-0.3, -0.25) is 9.78 Å². The molecule has 1 aliphatic rings. The van der Waals surface area contributed by atoms with Crippen molar-refractivity contribution in [2.45, 2.75) is 46.3 Å². The molecule has 6 nitrogen and oxygen atoms in total. The highest BCUT2D eigenvalue weighted by Crippen LogP contribution is 2.25. The van der Waals surface area contributed by atoms with E-state index in [0.717, 1.165) is 35.0 Å². The molecule has 1 amide bonds. The Balaban J connectivity index is 1.59. The monoisotopic (exact) mass is 375 g/mol. The normalized spacial score (nSPS) is 14.4. The zero-order valence-corrected chi connectivity index (χ0v) is 16.6. The summed E-state index contributed by atoms with van der Waals surface area (Å²) in [5.74, 6) is 0.587. The van der Waals surface area contributed by atoms with Crippen molar-refractivity contribution in [2.24, 2.45) is 0 Å². The molecule has 3 aromatic rings. The molecule has 0 saturated carbocycles. The number of carbonyl (C=O) groups is 1. The van der Waals surface area contributed by atoms with Crippen molar-refractivity contribution in [3.8, 4) is 0 Å². The maximum Gasteiger partial charge on any atom is 0.273 e. The van der Waals surface area contributed by atoms with Crippen molar-refractivity contribution in [1.29, 1.82) is 0 Å². The van der Waals surface area contributed by atoms with E-state index in [1.807, 2.05) is 23.2 Å². The second-order valence-corrected chi connectivity index (χ2v) is 7.27. The van der Waals surface area contributed by atoms with Crippen LogP contribution in [0.15, 0.2) is 42.7 Å². The highest BCUT2D eigenvalue weighted by Gasteiger charge is 2.32. The fraction of sp³-hybridized carbons (Fsp3) is 0.364. The molecular weight excluding hydrogens is 350 g/mol. The van der Waals surface area contributed by atoms with Gasteiger partial charge < -0.3 is 9.80 Å². The van der Waals surface area contributed by atoms with Crippen molar-refractivity contribution in [3.63, 3.8) is 0 Å². The quantitative estimate of drug-likeness (QED) is 0.656. The van der Waals surface area contributed by atoms with Crippen LogP contribution >= 0.6 is 0 Å². The van der Waals surface area contributed by atoms with Crippen LogP contribution in [-0.4, -0.2) is 38.3 Å². The first-order chi connectivity index (χ1) is 13.6. The number of hydrogen-bond acceptors (Lipinski definition) is 5. The molecule has 28 heavy (non-hydrogen) atoms. The van der Waals surface area contributed by atoms with Gasteiger partial charge in [-0.1, -0.05) is 31.2 Å². The van der Waals surface area contributed by atoms with Gasteiger partial charge in [0.2, 0.25) is 5.95 Å². The third-order valence-electron chi connectivity index (χ3n) is 5.48. The molecule has 1 aliphatic heterocycles. The fourth-order valence-corrected chi connectivity index (χ4v) is 3.55. The Hall–Kier alpha value is -3.02. The summed E-state index contributed by atoms with van der Waals surface area (Å²) in [4.78, 5) is 30.5. The highest BCUT2D eigenvalue weighted by atomic mass is 16.2. The maximum atomic E-state index is 12.8. The van der Waals surface area contributed by atoms with E-state index in [0.29, 0.717) is 24.7 Å². The predicted molar refractivity (Wildman–Crippen MR) is 110 cm³/mol. The first kappa shape index (κ1) is 18.3. The lowest BCUT2D eigenvalue weighted by Crippen LogP contribution is -2.33. The number of nitrogens with zero attached hydrogens (tertiary/aromatic N) is 5. The summed E-state index contributed by atoms with van der Waals surface area (Å²) in [7, 11) is 0. The Morgan fingerprint density at radius 3 is 2.68 bits per heavy atom. The van der Waals surface area contributed by atoms with Crippen LogP contribution < -0.4 is 4.90 Å². The lowest BCUT2D eigenvalue weighted by molar-refractivity contribution is 0.0709. The number of rotatable bonds is 6. The number of benzene rings is 1. The first-order valence-corrected chi connectivity index (χ1v) is 9.86. The van der Waals surface area contributed by atoms with Crippen LogP contribution in [-0.2, 0) is 13.1 Å². The highest BCUT2D eigenvalue weighted by molar-refractivity contribution is 5.96. The number of aromatic nitrogens is 3. The zero-order chi connectivity index (χ0) is 19.7. The van der Waals surface area contributed by atoms with Gasteiger partial charge in [0.15, 0.2) is 0 Å². The average Bonchev–Trinajstić information content (AvgIpc) is 3.07. The van der Waals surface area contributed by atoms with E-state index in [1.165, 1.54) is 0 Å². The van der Waals surface area contributed by atoms with Crippen molar-refractivity contribution in [3.05, 3.63) is 59.7 Å². The number of fused-ring (bicyclic) bond motifs is 2. The second kappa shape index (κ2) is 7.54. The van der Waals surface area contributed by atoms with Crippen LogP contribution in [0.1, 0.15) is 48.9 Å². The molecule has 1 unspecified atom stereocenters. The van der Waals surface area contributed by atoms with Crippen LogP contribution in [0.25, 0.3) is 10.8 Å². The smallest absolute Gasteiger partial charge is 0.273 e. The predicted octanol–water partition coefficient (Wildman–Crippen LogP) is 3.81. The topological polar surface area (TPSA) is 62.2 Å². The average molecular weight is 375 g/mol. The van der Waals surface area contributed by atoms with E-state index in [-0.39, 0.29) is 11.9 Å². The Labute approximate surface area is 165 Å². The third kappa shape index (κ3) is 3.30. The van der Waals surface area contributed by atoms with Gasteiger partial charge in [0.05, 0.1) is 18.8 Å². The molecule has 3 heterocycles. The van der Waals surface area contributed by atoms with Crippen molar-refractivity contribution in [2.75, 3.05) is 11.4 Å². The third-order valence-corrected chi connectivity index (χ3v) is 5.48. The Morgan fingerprint density at radius 1 is 1.14 bits per heavy atom. The lowest BCUT2D eigenvalue weighted by Gasteiger charge is -2.22. The summed E-state index contributed by atoms with van der Waals surface area (Å²) in [5.41, 5.74) is 2.40. The molecule has 0 radical (unpaired) electrons. The largest absolute Gasteiger partial charge is 0.335 e. The zero-order valence-electron chi connectivity index (χ0n) is 16.6. The SMILES string of the molecule is CCC(C)N1Cc2cnc(N(CC)Cc3cc4ccccc4cn3)nc2C1=O. The van der Waals surface area contributed by atoms with Crippen LogP contribution in [0, 0.1) is 0 Å². The number of carbonyl (C=O) groups excluding carboxylic acids is 1. The molecule has 0 spiro atoms. The van der Waals surface area contributed by atoms with Crippen LogP contribution in [0.5, 0.6) is 0 Å². The summed E-state index contributed by atoms with van der Waals surface area (Å²) in [5, 5.41) is 2.29. The first-order valence-electron chi connectivity index (χ1n) is 9.86. The molecule has 6 heteroatoms. The summed E-state index contributed by atoms with van der Waals surface area (Å²) < 4.78 is 0. The minimum Gasteiger partial charge on any atom is -0.335 e. The Kier molecular flexibility index (Phi) is 4.94. The molecule has 0 fully saturated rings. The minimum atomic E-state index is 0.00730. The Bertz CT molecular complexity index is 1020. The number of anilines is 1. The molecular formula is C22H25N5O. The van der Waals surface area contributed by atoms with Crippen molar-refractivity contribution in [1.82, 2.24) is 19.9 Å². The standard InChI is InChI=1S/C22H25N5O/c1-4-15(3)27-13-18-12-24-22(25-20(18)21(27)28)26(5-2)14-19-10-16-8-6-7-9-17(16)11-23-19/h6-12,15H,4-5,13-14H2,1-3H3. The molecule has 2 aromatic heterocycles. The van der Waals surface area contributed by atoms with Crippen molar-refractivity contribution >= 4 is 22.6 Å². The minimum absolute atomic E-state index is 0.00730. The van der Waals surface area contributed by atoms with E-state index in [9.17, 15) is 4.79 Å². The molecule has 0 aliphatic carbocycles. The molecule has 1 aromatic carbocycles. The van der Waals surface area contributed by atoms with Gasteiger partial charge in [-0.15, -0.1) is 0 Å². The van der Waals surface area contributed by atoms with Crippen LogP contribution in [0.2, 0.25) is 0 Å². The number of amides is 1. The lowest BCUT2D eigenvalue weighted by atomic mass is 10.1. The van der Waals surface area contributed by atoms with Crippen molar-refractivity contribution < 1.29 is 4.79 Å². The van der Waals surface area contributed by atoms with E-state index < -0.39 is 0 Å². The Morgan fingerprint density at radius 2 is 1.93 bits per heavy atom. The summed E-state index contributed by atoms with van der Waals surface area (Å²) >= 11 is 0. The molecule has 0 bridgehead atoms. The van der Waals surface area contributed by atoms with Gasteiger partial charge in [-0.2, -0.15) is 0 Å². The number of hydrogen-bond donors (Lipinski definition) is 0. The van der Waals surface area contributed by atoms with E-state index in [2.05, 4.69) is 58.8 Å². The van der Waals surface area contributed by atoms with Gasteiger partial charge in [-0.25, -0.2) is 9.97 Å².